The topological polar surface area (TPSA) is 95.9 Å². The molecule has 0 radical (unpaired) electrons. The maximum atomic E-state index is 13.4. The molecular formula is C9H7F2N5O2. The van der Waals surface area contributed by atoms with E-state index in [9.17, 15) is 13.6 Å². The van der Waals surface area contributed by atoms with Crippen molar-refractivity contribution in [2.24, 2.45) is 0 Å². The highest BCUT2D eigenvalue weighted by molar-refractivity contribution is 5.84. The number of nitrogen functional groups attached to an aromatic ring is 1. The summed E-state index contributed by atoms with van der Waals surface area (Å²) in [6.45, 7) is 0. The second-order valence-corrected chi connectivity index (χ2v) is 3.17. The van der Waals surface area contributed by atoms with Gasteiger partial charge in [-0.2, -0.15) is 4.68 Å². The second-order valence-electron chi connectivity index (χ2n) is 3.17. The number of carbonyl (C=O) groups is 1. The Morgan fingerprint density at radius 1 is 1.44 bits per heavy atom. The molecule has 0 aliphatic rings. The van der Waals surface area contributed by atoms with E-state index in [0.717, 1.165) is 18.1 Å². The lowest BCUT2D eigenvalue weighted by molar-refractivity contribution is 0.0587. The van der Waals surface area contributed by atoms with Gasteiger partial charge >= 0.3 is 5.97 Å². The molecule has 2 N–H and O–H groups in total. The zero-order chi connectivity index (χ0) is 13.3. The van der Waals surface area contributed by atoms with Gasteiger partial charge in [0.2, 0.25) is 0 Å². The van der Waals surface area contributed by atoms with Crippen LogP contribution >= 0.6 is 0 Å². The van der Waals surface area contributed by atoms with E-state index < -0.39 is 23.4 Å². The molecule has 0 saturated heterocycles. The van der Waals surface area contributed by atoms with Crippen molar-refractivity contribution < 1.29 is 18.3 Å². The lowest BCUT2D eigenvalue weighted by Gasteiger charge is -2.03. The molecule has 0 amide bonds. The molecule has 2 aromatic heterocycles. The number of rotatable bonds is 2. The zero-order valence-electron chi connectivity index (χ0n) is 9.09. The van der Waals surface area contributed by atoms with Crippen LogP contribution in [0.2, 0.25) is 0 Å². The average molecular weight is 255 g/mol. The van der Waals surface area contributed by atoms with Crippen LogP contribution in [0.25, 0.3) is 5.82 Å². The molecule has 18 heavy (non-hydrogen) atoms. The molecule has 7 nitrogen and oxygen atoms in total. The monoisotopic (exact) mass is 255 g/mol. The van der Waals surface area contributed by atoms with E-state index in [1.165, 1.54) is 0 Å². The molecule has 0 bridgehead atoms. The van der Waals surface area contributed by atoms with Gasteiger partial charge < -0.3 is 10.5 Å². The van der Waals surface area contributed by atoms with Gasteiger partial charge in [-0.1, -0.05) is 0 Å². The molecule has 2 rings (SSSR count). The zero-order valence-corrected chi connectivity index (χ0v) is 9.09. The molecular weight excluding hydrogens is 248 g/mol. The Morgan fingerprint density at radius 2 is 2.17 bits per heavy atom. The number of hydrogen-bond acceptors (Lipinski definition) is 6. The van der Waals surface area contributed by atoms with Crippen LogP contribution in [0.3, 0.4) is 0 Å². The maximum absolute atomic E-state index is 13.4. The van der Waals surface area contributed by atoms with Gasteiger partial charge in [-0.15, -0.1) is 5.10 Å². The molecule has 0 aromatic carbocycles. The number of hydrogen-bond donors (Lipinski definition) is 1. The molecule has 9 heteroatoms. The van der Waals surface area contributed by atoms with E-state index in [2.05, 4.69) is 19.8 Å². The van der Waals surface area contributed by atoms with Crippen LogP contribution in [-0.2, 0) is 4.74 Å². The molecule has 2 aromatic rings. The van der Waals surface area contributed by atoms with Crippen molar-refractivity contribution in [3.05, 3.63) is 29.9 Å². The Morgan fingerprint density at radius 3 is 2.83 bits per heavy atom. The van der Waals surface area contributed by atoms with E-state index in [0.29, 0.717) is 6.07 Å². The molecule has 0 aliphatic carbocycles. The SMILES string of the molecule is COC(=O)c1ncn(-c2nc(N)c(F)cc2F)n1. The molecule has 0 spiro atoms. The van der Waals surface area contributed by atoms with Crippen LogP contribution in [0.15, 0.2) is 12.4 Å². The van der Waals surface area contributed by atoms with Crippen molar-refractivity contribution in [3.8, 4) is 5.82 Å². The van der Waals surface area contributed by atoms with Crippen LogP contribution in [0.4, 0.5) is 14.6 Å². The third-order valence-corrected chi connectivity index (χ3v) is 2.01. The van der Waals surface area contributed by atoms with Crippen LogP contribution in [0.1, 0.15) is 10.6 Å². The van der Waals surface area contributed by atoms with Gasteiger partial charge in [-0.3, -0.25) is 0 Å². The summed E-state index contributed by atoms with van der Waals surface area (Å²) < 4.78 is 31.6. The van der Waals surface area contributed by atoms with Crippen LogP contribution in [0.5, 0.6) is 0 Å². The summed E-state index contributed by atoms with van der Waals surface area (Å²) in [4.78, 5) is 18.2. The Bertz CT molecular complexity index is 613. The first-order valence-corrected chi connectivity index (χ1v) is 4.64. The van der Waals surface area contributed by atoms with Gasteiger partial charge in [0.05, 0.1) is 7.11 Å². The van der Waals surface area contributed by atoms with Gasteiger partial charge in [-0.25, -0.2) is 23.5 Å². The third kappa shape index (κ3) is 1.97. The van der Waals surface area contributed by atoms with Crippen molar-refractivity contribution in [2.45, 2.75) is 0 Å². The van der Waals surface area contributed by atoms with Gasteiger partial charge in [0.1, 0.15) is 6.33 Å². The normalized spacial score (nSPS) is 10.4. The number of aromatic nitrogens is 4. The number of carbonyl (C=O) groups excluding carboxylic acids is 1. The lowest BCUT2D eigenvalue weighted by Crippen LogP contribution is -2.08. The van der Waals surface area contributed by atoms with Gasteiger partial charge in [0, 0.05) is 6.07 Å². The third-order valence-electron chi connectivity index (χ3n) is 2.01. The number of nitrogens with two attached hydrogens (primary N) is 1. The predicted octanol–water partition coefficient (Wildman–Crippen LogP) is 0.309. The fourth-order valence-corrected chi connectivity index (χ4v) is 1.18. The van der Waals surface area contributed by atoms with Crippen LogP contribution in [-0.4, -0.2) is 32.8 Å². The molecule has 0 fully saturated rings. The largest absolute Gasteiger partial charge is 0.463 e. The number of nitrogens with zero attached hydrogens (tertiary/aromatic N) is 4. The lowest BCUT2D eigenvalue weighted by atomic mass is 10.4. The van der Waals surface area contributed by atoms with Gasteiger partial charge in [0.15, 0.2) is 23.3 Å². The number of ether oxygens (including phenoxy) is 1. The Kier molecular flexibility index (Phi) is 2.88. The number of anilines is 1. The summed E-state index contributed by atoms with van der Waals surface area (Å²) in [5, 5.41) is 3.63. The first-order valence-electron chi connectivity index (χ1n) is 4.64. The summed E-state index contributed by atoms with van der Waals surface area (Å²) in [6.07, 6.45) is 1.04. The van der Waals surface area contributed by atoms with E-state index in [-0.39, 0.29) is 11.6 Å². The number of methoxy groups -OCH3 is 1. The summed E-state index contributed by atoms with van der Waals surface area (Å²) in [5.41, 5.74) is 5.21. The Labute approximate surface area is 99.2 Å². The second kappa shape index (κ2) is 4.35. The van der Waals surface area contributed by atoms with E-state index in [1.807, 2.05) is 0 Å². The average Bonchev–Trinajstić information content (AvgIpc) is 2.82. The minimum atomic E-state index is -0.983. The van der Waals surface area contributed by atoms with Crippen molar-refractivity contribution in [1.29, 1.82) is 0 Å². The van der Waals surface area contributed by atoms with Crippen LogP contribution in [0, 0.1) is 11.6 Å². The number of esters is 1. The fourth-order valence-electron chi connectivity index (χ4n) is 1.18. The quantitative estimate of drug-likeness (QED) is 0.776. The van der Waals surface area contributed by atoms with Gasteiger partial charge in [-0.05, 0) is 0 Å². The summed E-state index contributed by atoms with van der Waals surface area (Å²) in [7, 11) is 1.15. The molecule has 94 valence electrons. The highest BCUT2D eigenvalue weighted by atomic mass is 19.1. The Hall–Kier alpha value is -2.58. The predicted molar refractivity (Wildman–Crippen MR) is 54.8 cm³/mol. The summed E-state index contributed by atoms with van der Waals surface area (Å²) in [6, 6.07) is 0.567. The number of halogens is 2. The molecule has 2 heterocycles. The standard InChI is InChI=1S/C9H7F2N5O2/c1-18-9(17)7-13-3-16(15-7)8-5(11)2-4(10)6(12)14-8/h2-3H,1H3,(H2,12,14). The Balaban J connectivity index is 2.46. The van der Waals surface area contributed by atoms with E-state index in [4.69, 9.17) is 5.73 Å². The molecule has 0 saturated carbocycles. The van der Waals surface area contributed by atoms with E-state index >= 15 is 0 Å². The smallest absolute Gasteiger partial charge is 0.377 e. The first kappa shape index (κ1) is 11.9. The van der Waals surface area contributed by atoms with Crippen molar-refractivity contribution in [3.63, 3.8) is 0 Å². The summed E-state index contributed by atoms with van der Waals surface area (Å²) >= 11 is 0. The summed E-state index contributed by atoms with van der Waals surface area (Å²) in [5.74, 6) is -3.88. The van der Waals surface area contributed by atoms with Crippen molar-refractivity contribution in [2.75, 3.05) is 12.8 Å². The minimum Gasteiger partial charge on any atom is -0.463 e. The molecule has 0 unspecified atom stereocenters. The highest BCUT2D eigenvalue weighted by Gasteiger charge is 2.16. The first-order chi connectivity index (χ1) is 8.52. The maximum Gasteiger partial charge on any atom is 0.377 e. The van der Waals surface area contributed by atoms with E-state index in [1.54, 1.807) is 0 Å². The number of pyridine rings is 1. The molecule has 0 atom stereocenters. The molecule has 0 aliphatic heterocycles. The van der Waals surface area contributed by atoms with Crippen LogP contribution < -0.4 is 5.73 Å². The van der Waals surface area contributed by atoms with Crippen molar-refractivity contribution in [1.82, 2.24) is 19.7 Å². The van der Waals surface area contributed by atoms with Crippen molar-refractivity contribution >= 4 is 11.8 Å². The fraction of sp³-hybridized carbons (Fsp3) is 0.111. The minimum absolute atomic E-state index is 0.276. The van der Waals surface area contributed by atoms with Gasteiger partial charge in [0.25, 0.3) is 5.82 Å². The highest BCUT2D eigenvalue weighted by Crippen LogP contribution is 2.15.